The van der Waals surface area contributed by atoms with E-state index in [9.17, 15) is 9.90 Å². The van der Waals surface area contributed by atoms with Crippen LogP contribution in [0.1, 0.15) is 27.2 Å². The minimum Gasteiger partial charge on any atom is -0.393 e. The minimum atomic E-state index is -0.465. The van der Waals surface area contributed by atoms with Crippen molar-refractivity contribution in [1.29, 1.82) is 0 Å². The summed E-state index contributed by atoms with van der Waals surface area (Å²) in [5, 5.41) is 16.0. The minimum absolute atomic E-state index is 0.193. The molecule has 112 valence electrons. The molecule has 0 radical (unpaired) electrons. The van der Waals surface area contributed by atoms with E-state index < -0.39 is 6.10 Å². The van der Waals surface area contributed by atoms with Crippen molar-refractivity contribution in [1.82, 2.24) is 5.32 Å². The fourth-order valence-corrected chi connectivity index (χ4v) is 1.80. The lowest BCUT2D eigenvalue weighted by molar-refractivity contribution is 0.0565. The van der Waals surface area contributed by atoms with Gasteiger partial charge in [-0.25, -0.2) is 4.79 Å². The molecule has 0 bridgehead atoms. The maximum absolute atomic E-state index is 11.7. The van der Waals surface area contributed by atoms with E-state index in [1.54, 1.807) is 18.2 Å². The van der Waals surface area contributed by atoms with Crippen molar-refractivity contribution in [3.05, 3.63) is 28.2 Å². The van der Waals surface area contributed by atoms with Crippen LogP contribution in [0.2, 0.25) is 10.0 Å². The molecule has 4 nitrogen and oxygen atoms in total. The zero-order valence-corrected chi connectivity index (χ0v) is 13.3. The summed E-state index contributed by atoms with van der Waals surface area (Å²) in [4.78, 5) is 11.7. The van der Waals surface area contributed by atoms with E-state index in [1.165, 1.54) is 0 Å². The standard InChI is InChI=1S/C14H20Cl2N2O2/c1-14(2,3)12(19)6-7-17-13(20)18-9-4-5-10(15)11(16)8-9/h4-5,8,12,19H,6-7H2,1-3H3,(H2,17,18,20)/t12-/m1/s1. The molecule has 0 aliphatic carbocycles. The molecule has 0 spiro atoms. The second-order valence-electron chi connectivity index (χ2n) is 5.68. The van der Waals surface area contributed by atoms with Crippen LogP contribution < -0.4 is 10.6 Å². The fraction of sp³-hybridized carbons (Fsp3) is 0.500. The Bertz CT molecular complexity index is 473. The summed E-state index contributed by atoms with van der Waals surface area (Å²) in [5.41, 5.74) is 0.371. The molecular formula is C14H20Cl2N2O2. The molecule has 2 amide bonds. The van der Waals surface area contributed by atoms with Gasteiger partial charge in [-0.15, -0.1) is 0 Å². The fourth-order valence-electron chi connectivity index (χ4n) is 1.50. The van der Waals surface area contributed by atoms with Crippen molar-refractivity contribution < 1.29 is 9.90 Å². The van der Waals surface area contributed by atoms with Crippen LogP contribution >= 0.6 is 23.2 Å². The van der Waals surface area contributed by atoms with Crippen molar-refractivity contribution in [2.75, 3.05) is 11.9 Å². The van der Waals surface area contributed by atoms with Crippen LogP contribution in [0.15, 0.2) is 18.2 Å². The normalized spacial score (nSPS) is 12.9. The zero-order chi connectivity index (χ0) is 15.3. The van der Waals surface area contributed by atoms with Gasteiger partial charge in [0.05, 0.1) is 16.1 Å². The van der Waals surface area contributed by atoms with Crippen LogP contribution in [-0.2, 0) is 0 Å². The van der Waals surface area contributed by atoms with Crippen LogP contribution in [0.25, 0.3) is 0 Å². The van der Waals surface area contributed by atoms with Gasteiger partial charge >= 0.3 is 6.03 Å². The molecule has 1 atom stereocenters. The molecule has 0 saturated heterocycles. The predicted molar refractivity (Wildman–Crippen MR) is 83.6 cm³/mol. The summed E-state index contributed by atoms with van der Waals surface area (Å²) in [6.07, 6.45) is 0.0333. The van der Waals surface area contributed by atoms with Crippen LogP contribution in [0.3, 0.4) is 0 Å². The molecule has 0 aromatic heterocycles. The van der Waals surface area contributed by atoms with Gasteiger partial charge in [0.25, 0.3) is 0 Å². The van der Waals surface area contributed by atoms with Crippen molar-refractivity contribution >= 4 is 34.9 Å². The Kier molecular flexibility index (Phi) is 6.11. The Morgan fingerprint density at radius 2 is 1.95 bits per heavy atom. The zero-order valence-electron chi connectivity index (χ0n) is 11.8. The van der Waals surface area contributed by atoms with Gasteiger partial charge in [-0.2, -0.15) is 0 Å². The molecule has 0 fully saturated rings. The van der Waals surface area contributed by atoms with Gasteiger partial charge in [-0.1, -0.05) is 44.0 Å². The Morgan fingerprint density at radius 1 is 1.30 bits per heavy atom. The Hall–Kier alpha value is -0.970. The third kappa shape index (κ3) is 5.57. The largest absolute Gasteiger partial charge is 0.393 e. The number of nitrogens with one attached hydrogen (secondary N) is 2. The lowest BCUT2D eigenvalue weighted by atomic mass is 9.87. The number of carbonyl (C=O) groups excluding carboxylic acids is 1. The third-order valence-electron chi connectivity index (χ3n) is 2.88. The predicted octanol–water partition coefficient (Wildman–Crippen LogP) is 3.91. The number of aliphatic hydroxyl groups is 1. The Balaban J connectivity index is 2.39. The van der Waals surface area contributed by atoms with Crippen LogP contribution in [0.5, 0.6) is 0 Å². The van der Waals surface area contributed by atoms with E-state index in [0.717, 1.165) is 0 Å². The number of urea groups is 1. The number of anilines is 1. The van der Waals surface area contributed by atoms with Gasteiger partial charge in [0, 0.05) is 12.2 Å². The highest BCUT2D eigenvalue weighted by molar-refractivity contribution is 6.42. The SMILES string of the molecule is CC(C)(C)[C@H](O)CCNC(=O)Nc1ccc(Cl)c(Cl)c1. The summed E-state index contributed by atoms with van der Waals surface area (Å²) >= 11 is 11.6. The monoisotopic (exact) mass is 318 g/mol. The highest BCUT2D eigenvalue weighted by Crippen LogP contribution is 2.25. The number of aliphatic hydroxyl groups excluding tert-OH is 1. The molecule has 20 heavy (non-hydrogen) atoms. The smallest absolute Gasteiger partial charge is 0.319 e. The van der Waals surface area contributed by atoms with Crippen LogP contribution in [0.4, 0.5) is 10.5 Å². The first-order valence-electron chi connectivity index (χ1n) is 6.38. The highest BCUT2D eigenvalue weighted by Gasteiger charge is 2.21. The molecule has 6 heteroatoms. The number of hydrogen-bond acceptors (Lipinski definition) is 2. The number of benzene rings is 1. The molecular weight excluding hydrogens is 299 g/mol. The first-order valence-corrected chi connectivity index (χ1v) is 7.13. The van der Waals surface area contributed by atoms with Gasteiger partial charge in [0.1, 0.15) is 0 Å². The molecule has 0 heterocycles. The summed E-state index contributed by atoms with van der Waals surface area (Å²) < 4.78 is 0. The van der Waals surface area contributed by atoms with E-state index >= 15 is 0 Å². The van der Waals surface area contributed by atoms with E-state index in [4.69, 9.17) is 23.2 Å². The summed E-state index contributed by atoms with van der Waals surface area (Å²) in [6.45, 7) is 6.25. The number of amides is 2. The van der Waals surface area contributed by atoms with Crippen molar-refractivity contribution in [2.45, 2.75) is 33.3 Å². The molecule has 3 N–H and O–H groups in total. The maximum atomic E-state index is 11.7. The van der Waals surface area contributed by atoms with E-state index in [2.05, 4.69) is 10.6 Å². The molecule has 0 aliphatic rings. The number of carbonyl (C=O) groups is 1. The molecule has 1 aromatic rings. The van der Waals surface area contributed by atoms with Crippen molar-refractivity contribution in [3.8, 4) is 0 Å². The lowest BCUT2D eigenvalue weighted by Crippen LogP contribution is -2.34. The summed E-state index contributed by atoms with van der Waals surface area (Å²) in [5.74, 6) is 0. The van der Waals surface area contributed by atoms with Crippen molar-refractivity contribution in [2.24, 2.45) is 5.41 Å². The second kappa shape index (κ2) is 7.16. The van der Waals surface area contributed by atoms with Gasteiger partial charge in [-0.05, 0) is 30.0 Å². The second-order valence-corrected chi connectivity index (χ2v) is 6.49. The number of halogens is 2. The molecule has 0 aliphatic heterocycles. The molecule has 1 aromatic carbocycles. The highest BCUT2D eigenvalue weighted by atomic mass is 35.5. The van der Waals surface area contributed by atoms with E-state index in [-0.39, 0.29) is 11.4 Å². The summed E-state index contributed by atoms with van der Waals surface area (Å²) in [6, 6.07) is 4.51. The number of rotatable bonds is 4. The molecule has 1 rings (SSSR count). The van der Waals surface area contributed by atoms with E-state index in [0.29, 0.717) is 28.7 Å². The van der Waals surface area contributed by atoms with Gasteiger partial charge < -0.3 is 15.7 Å². The first-order chi connectivity index (χ1) is 9.20. The van der Waals surface area contributed by atoms with E-state index in [1.807, 2.05) is 20.8 Å². The first kappa shape index (κ1) is 17.1. The Labute approximate surface area is 129 Å². The average Bonchev–Trinajstić information content (AvgIpc) is 2.32. The van der Waals surface area contributed by atoms with Gasteiger partial charge in [-0.3, -0.25) is 0 Å². The topological polar surface area (TPSA) is 61.4 Å². The van der Waals surface area contributed by atoms with Gasteiger partial charge in [0.2, 0.25) is 0 Å². The van der Waals surface area contributed by atoms with Crippen LogP contribution in [0, 0.1) is 5.41 Å². The van der Waals surface area contributed by atoms with Crippen LogP contribution in [-0.4, -0.2) is 23.8 Å². The third-order valence-corrected chi connectivity index (χ3v) is 3.62. The molecule has 0 unspecified atom stereocenters. The lowest BCUT2D eigenvalue weighted by Gasteiger charge is -2.25. The quantitative estimate of drug-likeness (QED) is 0.788. The number of hydrogen-bond donors (Lipinski definition) is 3. The van der Waals surface area contributed by atoms with Crippen molar-refractivity contribution in [3.63, 3.8) is 0 Å². The summed E-state index contributed by atoms with van der Waals surface area (Å²) in [7, 11) is 0. The maximum Gasteiger partial charge on any atom is 0.319 e. The van der Waals surface area contributed by atoms with Gasteiger partial charge in [0.15, 0.2) is 0 Å². The average molecular weight is 319 g/mol. The Morgan fingerprint density at radius 3 is 2.50 bits per heavy atom. The molecule has 0 saturated carbocycles.